The lowest BCUT2D eigenvalue weighted by Crippen LogP contribution is -2.37. The van der Waals surface area contributed by atoms with Crippen molar-refractivity contribution in [3.05, 3.63) is 20.8 Å². The minimum atomic E-state index is -0.441. The largest absolute Gasteiger partial charge is 0.350 e. The Balaban J connectivity index is 0.00000169. The predicted octanol–water partition coefficient (Wildman–Crippen LogP) is 1.90. The minimum absolute atomic E-state index is 0. The molecule has 80 valence electrons. The zero-order valence-electron chi connectivity index (χ0n) is 7.62. The van der Waals surface area contributed by atoms with Crippen molar-refractivity contribution in [2.75, 3.05) is 0 Å². The van der Waals surface area contributed by atoms with Gasteiger partial charge >= 0.3 is 0 Å². The van der Waals surface area contributed by atoms with Crippen LogP contribution in [0.4, 0.5) is 0 Å². The molecule has 0 aliphatic carbocycles. The van der Waals surface area contributed by atoms with Crippen LogP contribution in [0.1, 0.15) is 11.8 Å². The molecular weight excluding hydrogens is 288 g/mol. The van der Waals surface area contributed by atoms with Gasteiger partial charge in [-0.1, -0.05) is 0 Å². The molecule has 1 aromatic rings. The Hall–Kier alpha value is -0.100. The molecule has 1 unspecified atom stereocenters. The molecule has 3 nitrogen and oxygen atoms in total. The zero-order valence-corrected chi connectivity index (χ0v) is 10.8. The van der Waals surface area contributed by atoms with Gasteiger partial charge in [-0.15, -0.1) is 23.7 Å². The topological polar surface area (TPSA) is 55.1 Å². The van der Waals surface area contributed by atoms with Crippen molar-refractivity contribution < 1.29 is 4.79 Å². The molecule has 0 fully saturated rings. The van der Waals surface area contributed by atoms with Crippen LogP contribution in [0.25, 0.3) is 0 Å². The molecule has 0 aliphatic rings. The normalized spacial score (nSPS) is 11.6. The molecular formula is C8H12BrClN2OS. The summed E-state index contributed by atoms with van der Waals surface area (Å²) in [6, 6.07) is 3.48. The van der Waals surface area contributed by atoms with E-state index >= 15 is 0 Å². The monoisotopic (exact) mass is 298 g/mol. The van der Waals surface area contributed by atoms with Crippen molar-refractivity contribution in [1.82, 2.24) is 5.32 Å². The molecule has 0 aliphatic heterocycles. The van der Waals surface area contributed by atoms with Gasteiger partial charge in [0.05, 0.1) is 16.4 Å². The zero-order chi connectivity index (χ0) is 9.84. The highest BCUT2D eigenvalue weighted by atomic mass is 79.9. The summed E-state index contributed by atoms with van der Waals surface area (Å²) in [5, 5.41) is 2.74. The van der Waals surface area contributed by atoms with Gasteiger partial charge in [0.25, 0.3) is 0 Å². The lowest BCUT2D eigenvalue weighted by atomic mass is 10.3. The van der Waals surface area contributed by atoms with Gasteiger partial charge in [-0.3, -0.25) is 4.79 Å². The maximum absolute atomic E-state index is 11.1. The highest BCUT2D eigenvalue weighted by Crippen LogP contribution is 2.21. The first kappa shape index (κ1) is 13.9. The van der Waals surface area contributed by atoms with Gasteiger partial charge in [0.2, 0.25) is 5.91 Å². The Morgan fingerprint density at radius 2 is 2.36 bits per heavy atom. The first-order chi connectivity index (χ1) is 6.09. The summed E-state index contributed by atoms with van der Waals surface area (Å²) >= 11 is 4.95. The summed E-state index contributed by atoms with van der Waals surface area (Å²) in [5.41, 5.74) is 5.39. The number of amides is 1. The first-order valence-corrected chi connectivity index (χ1v) is 5.48. The van der Waals surface area contributed by atoms with Crippen LogP contribution in [0.2, 0.25) is 0 Å². The number of hydrogen-bond acceptors (Lipinski definition) is 3. The van der Waals surface area contributed by atoms with Crippen molar-refractivity contribution in [1.29, 1.82) is 0 Å². The van der Waals surface area contributed by atoms with Crippen molar-refractivity contribution >= 4 is 45.6 Å². The van der Waals surface area contributed by atoms with Gasteiger partial charge in [-0.2, -0.15) is 0 Å². The van der Waals surface area contributed by atoms with Gasteiger partial charge in [0.1, 0.15) is 0 Å². The Kier molecular flexibility index (Phi) is 6.35. The van der Waals surface area contributed by atoms with Gasteiger partial charge in [0.15, 0.2) is 0 Å². The van der Waals surface area contributed by atoms with Crippen LogP contribution in [-0.2, 0) is 11.3 Å². The fourth-order valence-electron chi connectivity index (χ4n) is 0.782. The number of halogens is 2. The number of carbonyl (C=O) groups is 1. The number of nitrogens with two attached hydrogens (primary N) is 1. The van der Waals surface area contributed by atoms with Crippen molar-refractivity contribution in [2.45, 2.75) is 19.5 Å². The molecule has 0 aromatic carbocycles. The number of carbonyl (C=O) groups excluding carboxylic acids is 1. The molecule has 0 radical (unpaired) electrons. The third-order valence-corrected chi connectivity index (χ3v) is 3.10. The fraction of sp³-hybridized carbons (Fsp3) is 0.375. The number of thiophene rings is 1. The van der Waals surface area contributed by atoms with E-state index in [9.17, 15) is 4.79 Å². The molecule has 3 N–H and O–H groups in total. The smallest absolute Gasteiger partial charge is 0.236 e. The van der Waals surface area contributed by atoms with Crippen LogP contribution in [0, 0.1) is 0 Å². The van der Waals surface area contributed by atoms with E-state index < -0.39 is 6.04 Å². The summed E-state index contributed by atoms with van der Waals surface area (Å²) in [4.78, 5) is 12.2. The summed E-state index contributed by atoms with van der Waals surface area (Å²) in [7, 11) is 0. The van der Waals surface area contributed by atoms with Crippen LogP contribution in [0.15, 0.2) is 15.9 Å². The highest BCUT2D eigenvalue weighted by Gasteiger charge is 2.06. The maximum atomic E-state index is 11.1. The molecule has 6 heteroatoms. The van der Waals surface area contributed by atoms with Crippen LogP contribution in [0.3, 0.4) is 0 Å². The second-order valence-electron chi connectivity index (χ2n) is 2.71. The second kappa shape index (κ2) is 6.40. The Morgan fingerprint density at radius 3 is 2.79 bits per heavy atom. The molecule has 1 rings (SSSR count). The molecule has 0 bridgehead atoms. The molecule has 0 spiro atoms. The average molecular weight is 300 g/mol. The van der Waals surface area contributed by atoms with E-state index in [1.165, 1.54) is 0 Å². The van der Waals surface area contributed by atoms with E-state index in [1.54, 1.807) is 18.3 Å². The molecule has 0 saturated heterocycles. The number of rotatable bonds is 3. The van der Waals surface area contributed by atoms with Crippen molar-refractivity contribution in [3.8, 4) is 0 Å². The van der Waals surface area contributed by atoms with Gasteiger partial charge in [-0.25, -0.2) is 0 Å². The van der Waals surface area contributed by atoms with Crippen molar-refractivity contribution in [3.63, 3.8) is 0 Å². The third-order valence-electron chi connectivity index (χ3n) is 1.48. The Morgan fingerprint density at radius 1 is 1.71 bits per heavy atom. The van der Waals surface area contributed by atoms with Crippen LogP contribution < -0.4 is 11.1 Å². The van der Waals surface area contributed by atoms with Crippen LogP contribution in [0.5, 0.6) is 0 Å². The van der Waals surface area contributed by atoms with Gasteiger partial charge < -0.3 is 11.1 Å². The first-order valence-electron chi connectivity index (χ1n) is 3.87. The van der Waals surface area contributed by atoms with E-state index in [0.29, 0.717) is 6.54 Å². The van der Waals surface area contributed by atoms with Crippen LogP contribution >= 0.6 is 39.7 Å². The average Bonchev–Trinajstić information content (AvgIpc) is 2.47. The summed E-state index contributed by atoms with van der Waals surface area (Å²) in [5.74, 6) is -0.121. The Bertz CT molecular complexity index is 303. The lowest BCUT2D eigenvalue weighted by molar-refractivity contribution is -0.122. The molecule has 1 atom stereocenters. The number of hydrogen-bond donors (Lipinski definition) is 2. The highest BCUT2D eigenvalue weighted by molar-refractivity contribution is 9.11. The standard InChI is InChI=1S/C8H11BrN2OS.ClH/c1-5(10)8(12)11-4-6-2-3-7(9)13-6;/h2-3,5H,4,10H2,1H3,(H,11,12);1H. The minimum Gasteiger partial charge on any atom is -0.350 e. The molecule has 1 heterocycles. The molecule has 1 aromatic heterocycles. The van der Waals surface area contributed by atoms with Crippen LogP contribution in [-0.4, -0.2) is 11.9 Å². The number of nitrogens with one attached hydrogen (secondary N) is 1. The quantitative estimate of drug-likeness (QED) is 0.895. The summed E-state index contributed by atoms with van der Waals surface area (Å²) in [6.07, 6.45) is 0. The van der Waals surface area contributed by atoms with Gasteiger partial charge in [0, 0.05) is 4.88 Å². The third kappa shape index (κ3) is 4.41. The van der Waals surface area contributed by atoms with E-state index in [1.807, 2.05) is 12.1 Å². The van der Waals surface area contributed by atoms with E-state index in [4.69, 9.17) is 5.73 Å². The van der Waals surface area contributed by atoms with E-state index in [2.05, 4.69) is 21.2 Å². The molecule has 1 amide bonds. The Labute approximate surface area is 102 Å². The summed E-state index contributed by atoms with van der Waals surface area (Å²) < 4.78 is 1.07. The summed E-state index contributed by atoms with van der Waals surface area (Å²) in [6.45, 7) is 2.22. The maximum Gasteiger partial charge on any atom is 0.236 e. The van der Waals surface area contributed by atoms with Crippen molar-refractivity contribution in [2.24, 2.45) is 5.73 Å². The molecule has 0 saturated carbocycles. The molecule has 14 heavy (non-hydrogen) atoms. The lowest BCUT2D eigenvalue weighted by Gasteiger charge is -2.05. The van der Waals surface area contributed by atoms with E-state index in [0.717, 1.165) is 8.66 Å². The fourth-order valence-corrected chi connectivity index (χ4v) is 2.20. The SMILES string of the molecule is CC(N)C(=O)NCc1ccc(Br)s1.Cl. The predicted molar refractivity (Wildman–Crippen MR) is 64.8 cm³/mol. The van der Waals surface area contributed by atoms with E-state index in [-0.39, 0.29) is 18.3 Å². The second-order valence-corrected chi connectivity index (χ2v) is 5.26. The van der Waals surface area contributed by atoms with Gasteiger partial charge in [-0.05, 0) is 35.0 Å².